The number of fused-ring (bicyclic) bond motifs is 2. The Hall–Kier alpha value is -4.08. The van der Waals surface area contributed by atoms with Crippen LogP contribution in [0.2, 0.25) is 0 Å². The predicted molar refractivity (Wildman–Crippen MR) is 140 cm³/mol. The summed E-state index contributed by atoms with van der Waals surface area (Å²) in [4.78, 5) is 13.6. The number of aliphatic hydroxyl groups excluding tert-OH is 1. The second kappa shape index (κ2) is 8.25. The summed E-state index contributed by atoms with van der Waals surface area (Å²) >= 11 is 1.13. The van der Waals surface area contributed by atoms with E-state index in [2.05, 4.69) is 25.5 Å². The average molecular weight is 497 g/mol. The number of thiophene rings is 1. The molecule has 5 aromatic heterocycles. The van der Waals surface area contributed by atoms with Gasteiger partial charge in [-0.3, -0.25) is 10.1 Å². The SMILES string of the molecule is OC(Nc1cncc(-c2ccc3[nH]nc(-c4cc5c(-c6ccc(F)s6)cccc5[nH]4)c3n2)c1)C1CC1. The van der Waals surface area contributed by atoms with Crippen molar-refractivity contribution in [2.45, 2.75) is 19.1 Å². The van der Waals surface area contributed by atoms with Gasteiger partial charge >= 0.3 is 0 Å². The first-order valence-electron chi connectivity index (χ1n) is 11.8. The normalized spacial score (nSPS) is 14.5. The highest BCUT2D eigenvalue weighted by molar-refractivity contribution is 7.14. The number of nitrogens with one attached hydrogen (secondary N) is 3. The fourth-order valence-corrected chi connectivity index (χ4v) is 5.33. The van der Waals surface area contributed by atoms with Crippen LogP contribution in [0.5, 0.6) is 0 Å². The van der Waals surface area contributed by atoms with Crippen LogP contribution in [-0.4, -0.2) is 36.5 Å². The number of halogens is 1. The van der Waals surface area contributed by atoms with Crippen LogP contribution in [0.1, 0.15) is 12.8 Å². The van der Waals surface area contributed by atoms with Crippen LogP contribution in [0, 0.1) is 11.0 Å². The van der Waals surface area contributed by atoms with Gasteiger partial charge in [-0.2, -0.15) is 9.49 Å². The van der Waals surface area contributed by atoms with Crippen LogP contribution in [-0.2, 0) is 0 Å². The molecule has 0 radical (unpaired) electrons. The molecule has 1 aromatic carbocycles. The Labute approximate surface area is 209 Å². The number of benzene rings is 1. The lowest BCUT2D eigenvalue weighted by atomic mass is 10.1. The number of rotatable bonds is 6. The van der Waals surface area contributed by atoms with Crippen molar-refractivity contribution in [3.05, 3.63) is 72.1 Å². The van der Waals surface area contributed by atoms with Crippen LogP contribution in [0.25, 0.3) is 55.0 Å². The molecular weight excluding hydrogens is 475 g/mol. The maximum absolute atomic E-state index is 13.7. The van der Waals surface area contributed by atoms with E-state index >= 15 is 0 Å². The monoisotopic (exact) mass is 496 g/mol. The van der Waals surface area contributed by atoms with Gasteiger partial charge in [0.1, 0.15) is 17.4 Å². The molecule has 1 fully saturated rings. The smallest absolute Gasteiger partial charge is 0.176 e. The summed E-state index contributed by atoms with van der Waals surface area (Å²) in [6.45, 7) is 0. The molecule has 36 heavy (non-hydrogen) atoms. The van der Waals surface area contributed by atoms with Gasteiger partial charge in [0.25, 0.3) is 0 Å². The molecule has 0 spiro atoms. The van der Waals surface area contributed by atoms with E-state index in [-0.39, 0.29) is 5.13 Å². The van der Waals surface area contributed by atoms with Gasteiger partial charge in [0.2, 0.25) is 0 Å². The van der Waals surface area contributed by atoms with Crippen LogP contribution >= 0.6 is 11.3 Å². The topological polar surface area (TPSA) is 103 Å². The van der Waals surface area contributed by atoms with E-state index in [0.717, 1.165) is 79.2 Å². The number of aliphatic hydroxyl groups is 1. The molecule has 6 aromatic rings. The third kappa shape index (κ3) is 3.73. The first-order valence-corrected chi connectivity index (χ1v) is 12.6. The number of hydrogen-bond acceptors (Lipinski definition) is 6. The number of hydrogen-bond donors (Lipinski definition) is 4. The Morgan fingerprint density at radius 1 is 1.06 bits per heavy atom. The third-order valence-electron chi connectivity index (χ3n) is 6.58. The molecule has 7 nitrogen and oxygen atoms in total. The maximum atomic E-state index is 13.7. The van der Waals surface area contributed by atoms with Crippen molar-refractivity contribution in [1.82, 2.24) is 25.1 Å². The molecule has 0 bridgehead atoms. The minimum atomic E-state index is -0.560. The molecule has 1 atom stereocenters. The second-order valence-electron chi connectivity index (χ2n) is 9.11. The maximum Gasteiger partial charge on any atom is 0.176 e. The van der Waals surface area contributed by atoms with Gasteiger partial charge in [0, 0.05) is 39.0 Å². The first-order chi connectivity index (χ1) is 17.6. The molecule has 0 aliphatic heterocycles. The molecule has 1 saturated carbocycles. The Morgan fingerprint density at radius 3 is 2.81 bits per heavy atom. The lowest BCUT2D eigenvalue weighted by Gasteiger charge is -2.13. The highest BCUT2D eigenvalue weighted by atomic mass is 32.1. The summed E-state index contributed by atoms with van der Waals surface area (Å²) in [5.74, 6) is 0.312. The Balaban J connectivity index is 1.28. The lowest BCUT2D eigenvalue weighted by molar-refractivity contribution is 0.180. The van der Waals surface area contributed by atoms with Gasteiger partial charge < -0.3 is 15.4 Å². The van der Waals surface area contributed by atoms with Gasteiger partial charge in [0.05, 0.1) is 28.8 Å². The van der Waals surface area contributed by atoms with Crippen LogP contribution in [0.3, 0.4) is 0 Å². The van der Waals surface area contributed by atoms with Crippen LogP contribution in [0.4, 0.5) is 10.1 Å². The fourth-order valence-electron chi connectivity index (χ4n) is 4.56. The van der Waals surface area contributed by atoms with Crippen LogP contribution < -0.4 is 5.32 Å². The molecule has 5 heterocycles. The number of anilines is 1. The van der Waals surface area contributed by atoms with Crippen molar-refractivity contribution in [2.24, 2.45) is 5.92 Å². The molecule has 0 saturated heterocycles. The minimum Gasteiger partial charge on any atom is -0.374 e. The van der Waals surface area contributed by atoms with Crippen molar-refractivity contribution < 1.29 is 9.50 Å². The largest absolute Gasteiger partial charge is 0.374 e. The molecule has 178 valence electrons. The van der Waals surface area contributed by atoms with E-state index < -0.39 is 6.23 Å². The number of aromatic nitrogens is 5. The Bertz CT molecular complexity index is 1730. The Kier molecular flexibility index (Phi) is 4.86. The number of aromatic amines is 2. The zero-order chi connectivity index (χ0) is 24.2. The molecule has 0 amide bonds. The average Bonchev–Trinajstić information content (AvgIpc) is 3.30. The standard InChI is InChI=1S/C27H21FN6OS/c28-24-9-8-23(36-24)17-2-1-3-20-18(17)11-22(31-20)26-25-21(33-34-26)7-6-19(32-25)15-10-16(13-29-12-15)30-27(35)14-4-5-14/h1-3,6-14,27,30-31,35H,4-5H2,(H,33,34). The van der Waals surface area contributed by atoms with Gasteiger partial charge in [0.15, 0.2) is 5.13 Å². The van der Waals surface area contributed by atoms with E-state index in [4.69, 9.17) is 4.98 Å². The van der Waals surface area contributed by atoms with Gasteiger partial charge in [-0.05, 0) is 55.3 Å². The summed E-state index contributed by atoms with van der Waals surface area (Å²) < 4.78 is 13.7. The zero-order valence-electron chi connectivity index (χ0n) is 19.0. The molecule has 1 aliphatic rings. The number of nitrogens with zero attached hydrogens (tertiary/aromatic N) is 3. The first kappa shape index (κ1) is 21.2. The van der Waals surface area contributed by atoms with Crippen molar-refractivity contribution in [2.75, 3.05) is 5.32 Å². The molecular formula is C27H21FN6OS. The zero-order valence-corrected chi connectivity index (χ0v) is 19.8. The molecule has 7 rings (SSSR count). The van der Waals surface area contributed by atoms with Gasteiger partial charge in [-0.1, -0.05) is 12.1 Å². The lowest BCUT2D eigenvalue weighted by Crippen LogP contribution is -2.20. The fraction of sp³-hybridized carbons (Fsp3) is 0.148. The minimum absolute atomic E-state index is 0.205. The van der Waals surface area contributed by atoms with E-state index in [9.17, 15) is 9.50 Å². The summed E-state index contributed by atoms with van der Waals surface area (Å²) in [6, 6.07) is 17.1. The van der Waals surface area contributed by atoms with Crippen LogP contribution in [0.15, 0.2) is 67.0 Å². The second-order valence-corrected chi connectivity index (χ2v) is 10.1. The summed E-state index contributed by atoms with van der Waals surface area (Å²) in [7, 11) is 0. The quantitative estimate of drug-likeness (QED) is 0.206. The molecule has 9 heteroatoms. The molecule has 1 unspecified atom stereocenters. The summed E-state index contributed by atoms with van der Waals surface area (Å²) in [6.07, 6.45) is 5.00. The van der Waals surface area contributed by atoms with Gasteiger partial charge in [-0.15, -0.1) is 11.3 Å². The van der Waals surface area contributed by atoms with E-state index in [1.165, 1.54) is 6.07 Å². The van der Waals surface area contributed by atoms with E-state index in [1.54, 1.807) is 18.5 Å². The third-order valence-corrected chi connectivity index (χ3v) is 7.49. The molecule has 1 aliphatic carbocycles. The number of H-pyrrole nitrogens is 2. The summed E-state index contributed by atoms with van der Waals surface area (Å²) in [5.41, 5.74) is 7.36. The van der Waals surface area contributed by atoms with Gasteiger partial charge in [-0.25, -0.2) is 4.98 Å². The summed E-state index contributed by atoms with van der Waals surface area (Å²) in [5, 5.41) is 21.8. The van der Waals surface area contributed by atoms with Crippen molar-refractivity contribution in [1.29, 1.82) is 0 Å². The van der Waals surface area contributed by atoms with Crippen molar-refractivity contribution >= 4 is 39.0 Å². The highest BCUT2D eigenvalue weighted by Crippen LogP contribution is 2.37. The Morgan fingerprint density at radius 2 is 1.97 bits per heavy atom. The predicted octanol–water partition coefficient (Wildman–Crippen LogP) is 6.18. The van der Waals surface area contributed by atoms with Crippen molar-refractivity contribution in [3.8, 4) is 33.1 Å². The van der Waals surface area contributed by atoms with E-state index in [1.807, 2.05) is 42.5 Å². The number of pyridine rings is 2. The van der Waals surface area contributed by atoms with Crippen molar-refractivity contribution in [3.63, 3.8) is 0 Å². The van der Waals surface area contributed by atoms with E-state index in [0.29, 0.717) is 11.6 Å². The molecule has 4 N–H and O–H groups in total. The highest BCUT2D eigenvalue weighted by Gasteiger charge is 2.29.